The Hall–Kier alpha value is -0.610. The molecule has 2 aliphatic carbocycles. The van der Waals surface area contributed by atoms with Crippen LogP contribution in [-0.2, 0) is 14.3 Å². The van der Waals surface area contributed by atoms with Gasteiger partial charge in [-0.1, -0.05) is 6.42 Å². The Morgan fingerprint density at radius 1 is 1.17 bits per heavy atom. The molecule has 0 aromatic rings. The molecule has 0 radical (unpaired) electrons. The molecule has 2 N–H and O–H groups in total. The molecule has 3 unspecified atom stereocenters. The number of hydrogen-bond acceptors (Lipinski definition) is 4. The van der Waals surface area contributed by atoms with Crippen molar-refractivity contribution in [3.05, 3.63) is 0 Å². The molecule has 1 heterocycles. The van der Waals surface area contributed by atoms with E-state index in [0.29, 0.717) is 12.0 Å². The molecular formula is C21H39IN4O3. The van der Waals surface area contributed by atoms with E-state index in [1.165, 1.54) is 25.7 Å². The smallest absolute Gasteiger partial charge is 0.243 e. The number of carbonyl (C=O) groups excluding carboxylic acids is 1. The second-order valence-electron chi connectivity index (χ2n) is 8.79. The topological polar surface area (TPSA) is 75.2 Å². The Morgan fingerprint density at radius 2 is 1.97 bits per heavy atom. The van der Waals surface area contributed by atoms with Crippen molar-refractivity contribution >= 4 is 35.8 Å². The number of aliphatic imine (C=N–C) groups is 1. The lowest BCUT2D eigenvalue weighted by atomic mass is 9.95. The van der Waals surface area contributed by atoms with Crippen LogP contribution in [0, 0.1) is 17.8 Å². The third kappa shape index (κ3) is 8.20. The molecule has 2 bridgehead atoms. The van der Waals surface area contributed by atoms with Crippen LogP contribution in [0.4, 0.5) is 0 Å². The zero-order valence-corrected chi connectivity index (χ0v) is 20.4. The summed E-state index contributed by atoms with van der Waals surface area (Å²) in [6, 6.07) is 0.504. The van der Waals surface area contributed by atoms with E-state index in [4.69, 9.17) is 9.47 Å². The Morgan fingerprint density at radius 3 is 2.62 bits per heavy atom. The number of hydrogen-bond donors (Lipinski definition) is 2. The van der Waals surface area contributed by atoms with E-state index in [1.807, 2.05) is 0 Å². The van der Waals surface area contributed by atoms with Crippen molar-refractivity contribution in [2.75, 3.05) is 53.6 Å². The second-order valence-corrected chi connectivity index (χ2v) is 8.79. The van der Waals surface area contributed by atoms with Gasteiger partial charge < -0.3 is 25.0 Å². The number of fused-ring (bicyclic) bond motifs is 2. The molecule has 8 heteroatoms. The predicted octanol–water partition coefficient (Wildman–Crippen LogP) is 2.25. The van der Waals surface area contributed by atoms with Gasteiger partial charge in [0.25, 0.3) is 0 Å². The van der Waals surface area contributed by atoms with Gasteiger partial charge >= 0.3 is 0 Å². The minimum Gasteiger partial charge on any atom is -0.381 e. The van der Waals surface area contributed by atoms with E-state index < -0.39 is 0 Å². The highest BCUT2D eigenvalue weighted by Crippen LogP contribution is 2.44. The zero-order valence-electron chi connectivity index (χ0n) is 18.0. The van der Waals surface area contributed by atoms with E-state index in [2.05, 4.69) is 15.6 Å². The lowest BCUT2D eigenvalue weighted by Gasteiger charge is -2.25. The normalized spacial score (nSPS) is 26.8. The third-order valence-electron chi connectivity index (χ3n) is 6.38. The summed E-state index contributed by atoms with van der Waals surface area (Å²) < 4.78 is 11.2. The predicted molar refractivity (Wildman–Crippen MR) is 126 cm³/mol. The fourth-order valence-electron chi connectivity index (χ4n) is 4.58. The molecular weight excluding hydrogens is 483 g/mol. The Balaban J connectivity index is 0.00000300. The van der Waals surface area contributed by atoms with Crippen molar-refractivity contribution in [3.8, 4) is 0 Å². The van der Waals surface area contributed by atoms with Crippen molar-refractivity contribution in [2.45, 2.75) is 51.0 Å². The number of rotatable bonds is 9. The molecule has 2 saturated carbocycles. The summed E-state index contributed by atoms with van der Waals surface area (Å²) in [4.78, 5) is 18.0. The van der Waals surface area contributed by atoms with E-state index in [0.717, 1.165) is 70.0 Å². The number of likely N-dealkylation sites (N-methyl/N-ethyl adjacent to an activating group) is 1. The van der Waals surface area contributed by atoms with Crippen molar-refractivity contribution in [3.63, 3.8) is 0 Å². The van der Waals surface area contributed by atoms with Crippen LogP contribution in [0.2, 0.25) is 0 Å². The standard InChI is InChI=1S/C21H38N4O3.HI/c1-25(2)20(26)14-23-21(24-19-13-17-4-5-18(19)12-17)22-8-3-9-28-15-16-6-10-27-11-7-16;/h16-19H,3-15H2,1-2H3,(H2,22,23,24);1H. The van der Waals surface area contributed by atoms with Crippen LogP contribution in [-0.4, -0.2) is 76.4 Å². The fourth-order valence-corrected chi connectivity index (χ4v) is 4.58. The highest BCUT2D eigenvalue weighted by Gasteiger charge is 2.39. The molecule has 29 heavy (non-hydrogen) atoms. The lowest BCUT2D eigenvalue weighted by molar-refractivity contribution is -0.127. The van der Waals surface area contributed by atoms with E-state index in [1.54, 1.807) is 19.0 Å². The quantitative estimate of drug-likeness (QED) is 0.210. The van der Waals surface area contributed by atoms with Gasteiger partial charge in [0.1, 0.15) is 6.54 Å². The second kappa shape index (κ2) is 12.9. The number of carbonyl (C=O) groups is 1. The van der Waals surface area contributed by atoms with Crippen molar-refractivity contribution in [2.24, 2.45) is 22.7 Å². The molecule has 3 aliphatic rings. The first-order valence-electron chi connectivity index (χ1n) is 11.0. The Bertz CT molecular complexity index is 526. The van der Waals surface area contributed by atoms with Gasteiger partial charge in [-0.05, 0) is 56.3 Å². The van der Waals surface area contributed by atoms with Crippen LogP contribution < -0.4 is 10.6 Å². The van der Waals surface area contributed by atoms with Crippen LogP contribution in [0.15, 0.2) is 4.99 Å². The number of ether oxygens (including phenoxy) is 2. The minimum atomic E-state index is 0. The van der Waals surface area contributed by atoms with Crippen molar-refractivity contribution in [1.82, 2.24) is 15.5 Å². The average molecular weight is 522 g/mol. The highest BCUT2D eigenvalue weighted by atomic mass is 127. The van der Waals surface area contributed by atoms with Gasteiger partial charge in [-0.25, -0.2) is 4.99 Å². The van der Waals surface area contributed by atoms with E-state index in [9.17, 15) is 4.79 Å². The monoisotopic (exact) mass is 522 g/mol. The van der Waals surface area contributed by atoms with Gasteiger partial charge in [0, 0.05) is 53.1 Å². The zero-order chi connectivity index (χ0) is 19.8. The SMILES string of the molecule is CN(C)C(=O)CN=C(NCCCOCC1CCOCC1)NC1CC2CCC1C2.I. The summed E-state index contributed by atoms with van der Waals surface area (Å²) >= 11 is 0. The van der Waals surface area contributed by atoms with Gasteiger partial charge in [-0.3, -0.25) is 4.79 Å². The molecule has 0 spiro atoms. The van der Waals surface area contributed by atoms with Gasteiger partial charge in [0.15, 0.2) is 5.96 Å². The average Bonchev–Trinajstić information content (AvgIpc) is 3.32. The molecule has 1 saturated heterocycles. The third-order valence-corrected chi connectivity index (χ3v) is 6.38. The summed E-state index contributed by atoms with van der Waals surface area (Å²) in [5.74, 6) is 3.09. The molecule has 1 amide bonds. The van der Waals surface area contributed by atoms with Crippen LogP contribution in [0.3, 0.4) is 0 Å². The first kappa shape index (κ1) is 24.7. The summed E-state index contributed by atoms with van der Waals surface area (Å²) in [5, 5.41) is 7.00. The maximum absolute atomic E-state index is 11.9. The number of nitrogens with zero attached hydrogens (tertiary/aromatic N) is 2. The molecule has 7 nitrogen and oxygen atoms in total. The Kier molecular flexibility index (Phi) is 11.0. The van der Waals surface area contributed by atoms with Crippen molar-refractivity contribution in [1.29, 1.82) is 0 Å². The largest absolute Gasteiger partial charge is 0.381 e. The summed E-state index contributed by atoms with van der Waals surface area (Å²) in [5.41, 5.74) is 0. The summed E-state index contributed by atoms with van der Waals surface area (Å²) in [6.07, 6.45) is 8.45. The fraction of sp³-hybridized carbons (Fsp3) is 0.905. The van der Waals surface area contributed by atoms with Crippen LogP contribution in [0.25, 0.3) is 0 Å². The summed E-state index contributed by atoms with van der Waals surface area (Å²) in [6.45, 7) is 4.32. The lowest BCUT2D eigenvalue weighted by Crippen LogP contribution is -2.46. The molecule has 0 aromatic carbocycles. The van der Waals surface area contributed by atoms with Crippen molar-refractivity contribution < 1.29 is 14.3 Å². The molecule has 0 aromatic heterocycles. The molecule has 3 rings (SSSR count). The summed E-state index contributed by atoms with van der Waals surface area (Å²) in [7, 11) is 3.54. The van der Waals surface area contributed by atoms with Gasteiger partial charge in [-0.2, -0.15) is 0 Å². The van der Waals surface area contributed by atoms with Gasteiger partial charge in [0.2, 0.25) is 5.91 Å². The van der Waals surface area contributed by atoms with Gasteiger partial charge in [0.05, 0.1) is 0 Å². The number of nitrogens with one attached hydrogen (secondary N) is 2. The van der Waals surface area contributed by atoms with Crippen LogP contribution >= 0.6 is 24.0 Å². The molecule has 168 valence electrons. The molecule has 1 aliphatic heterocycles. The van der Waals surface area contributed by atoms with E-state index >= 15 is 0 Å². The Labute approximate surface area is 192 Å². The van der Waals surface area contributed by atoms with Crippen LogP contribution in [0.5, 0.6) is 0 Å². The molecule has 3 fully saturated rings. The maximum Gasteiger partial charge on any atom is 0.243 e. The molecule has 3 atom stereocenters. The first-order valence-corrected chi connectivity index (χ1v) is 11.0. The van der Waals surface area contributed by atoms with E-state index in [-0.39, 0.29) is 36.4 Å². The number of halogens is 1. The van der Waals surface area contributed by atoms with Crippen LogP contribution in [0.1, 0.15) is 44.9 Å². The first-order chi connectivity index (χ1) is 13.6. The number of guanidine groups is 1. The number of amides is 1. The van der Waals surface area contributed by atoms with Gasteiger partial charge in [-0.15, -0.1) is 24.0 Å². The minimum absolute atomic E-state index is 0. The highest BCUT2D eigenvalue weighted by molar-refractivity contribution is 14.0. The maximum atomic E-state index is 11.9.